The number of halogens is 2. The topological polar surface area (TPSA) is 3.24 Å². The van der Waals surface area contributed by atoms with Gasteiger partial charge in [0.1, 0.15) is 0 Å². The van der Waals surface area contributed by atoms with Gasteiger partial charge in [-0.05, 0) is 62.7 Å². The lowest BCUT2D eigenvalue weighted by Crippen LogP contribution is -2.43. The minimum Gasteiger partial charge on any atom is -0.306 e. The Hall–Kier alpha value is -0.240. The zero-order valence-electron chi connectivity index (χ0n) is 13.0. The SMILES string of the molecule is CC(C)CC(C1CCC1c1ccccc1Cl)N(C)C.Cl. The summed E-state index contributed by atoms with van der Waals surface area (Å²) in [5, 5.41) is 0.944. The van der Waals surface area contributed by atoms with E-state index in [1.54, 1.807) is 0 Å². The first-order chi connectivity index (χ1) is 9.00. The average Bonchev–Trinajstić information content (AvgIpc) is 2.29. The van der Waals surface area contributed by atoms with E-state index in [0.29, 0.717) is 12.0 Å². The third-order valence-electron chi connectivity index (χ3n) is 4.50. The molecule has 2 rings (SSSR count). The smallest absolute Gasteiger partial charge is 0.0440 e. The maximum absolute atomic E-state index is 6.37. The molecule has 1 aliphatic carbocycles. The summed E-state index contributed by atoms with van der Waals surface area (Å²) < 4.78 is 0. The third kappa shape index (κ3) is 3.90. The lowest BCUT2D eigenvalue weighted by molar-refractivity contribution is 0.0968. The molecule has 1 aromatic rings. The summed E-state index contributed by atoms with van der Waals surface area (Å²) in [7, 11) is 4.43. The Labute approximate surface area is 135 Å². The lowest BCUT2D eigenvalue weighted by atomic mass is 9.65. The van der Waals surface area contributed by atoms with Crippen molar-refractivity contribution < 1.29 is 0 Å². The largest absolute Gasteiger partial charge is 0.306 e. The van der Waals surface area contributed by atoms with Gasteiger partial charge in [-0.25, -0.2) is 0 Å². The van der Waals surface area contributed by atoms with Crippen molar-refractivity contribution in [3.63, 3.8) is 0 Å². The molecule has 3 heteroatoms. The Bertz CT molecular complexity index is 417. The second-order valence-electron chi connectivity index (χ2n) is 6.53. The average molecular weight is 316 g/mol. The van der Waals surface area contributed by atoms with Crippen LogP contribution in [-0.2, 0) is 0 Å². The Morgan fingerprint density at radius 3 is 2.30 bits per heavy atom. The normalized spacial score (nSPS) is 23.4. The van der Waals surface area contributed by atoms with Crippen LogP contribution >= 0.6 is 24.0 Å². The van der Waals surface area contributed by atoms with E-state index < -0.39 is 0 Å². The quantitative estimate of drug-likeness (QED) is 0.719. The molecular formula is C17H27Cl2N. The Kier molecular flexibility index (Phi) is 6.84. The fourth-order valence-electron chi connectivity index (χ4n) is 3.40. The van der Waals surface area contributed by atoms with E-state index in [1.165, 1.54) is 24.8 Å². The molecule has 20 heavy (non-hydrogen) atoms. The first kappa shape index (κ1) is 17.8. The van der Waals surface area contributed by atoms with Crippen LogP contribution in [-0.4, -0.2) is 25.0 Å². The summed E-state index contributed by atoms with van der Waals surface area (Å²) in [6, 6.07) is 9.05. The molecule has 1 fully saturated rings. The van der Waals surface area contributed by atoms with Crippen molar-refractivity contribution in [3.05, 3.63) is 34.9 Å². The van der Waals surface area contributed by atoms with Crippen molar-refractivity contribution in [2.75, 3.05) is 14.1 Å². The van der Waals surface area contributed by atoms with Crippen LogP contribution in [0, 0.1) is 11.8 Å². The summed E-state index contributed by atoms with van der Waals surface area (Å²) in [6.07, 6.45) is 3.90. The molecule has 1 saturated carbocycles. The van der Waals surface area contributed by atoms with E-state index in [1.807, 2.05) is 12.1 Å². The minimum atomic E-state index is 0. The monoisotopic (exact) mass is 315 g/mol. The van der Waals surface area contributed by atoms with Crippen LogP contribution in [0.3, 0.4) is 0 Å². The summed E-state index contributed by atoms with van der Waals surface area (Å²) >= 11 is 6.37. The van der Waals surface area contributed by atoms with Crippen LogP contribution in [0.1, 0.15) is 44.6 Å². The first-order valence-corrected chi connectivity index (χ1v) is 7.79. The van der Waals surface area contributed by atoms with Gasteiger partial charge >= 0.3 is 0 Å². The van der Waals surface area contributed by atoms with E-state index in [4.69, 9.17) is 11.6 Å². The molecule has 1 nitrogen and oxygen atoms in total. The molecule has 0 N–H and O–H groups in total. The van der Waals surface area contributed by atoms with E-state index in [9.17, 15) is 0 Å². The van der Waals surface area contributed by atoms with Crippen molar-refractivity contribution in [2.45, 2.75) is 45.1 Å². The molecular weight excluding hydrogens is 289 g/mol. The fourth-order valence-corrected chi connectivity index (χ4v) is 3.68. The van der Waals surface area contributed by atoms with Crippen molar-refractivity contribution in [2.24, 2.45) is 11.8 Å². The van der Waals surface area contributed by atoms with Crippen LogP contribution in [0.15, 0.2) is 24.3 Å². The highest BCUT2D eigenvalue weighted by atomic mass is 35.5. The van der Waals surface area contributed by atoms with Gasteiger partial charge in [0.05, 0.1) is 0 Å². The van der Waals surface area contributed by atoms with Crippen molar-refractivity contribution in [1.29, 1.82) is 0 Å². The first-order valence-electron chi connectivity index (χ1n) is 7.41. The molecule has 0 heterocycles. The van der Waals surface area contributed by atoms with Gasteiger partial charge in [-0.2, -0.15) is 0 Å². The Morgan fingerprint density at radius 2 is 1.85 bits per heavy atom. The van der Waals surface area contributed by atoms with Gasteiger partial charge in [0, 0.05) is 11.1 Å². The van der Waals surface area contributed by atoms with Gasteiger partial charge in [0.15, 0.2) is 0 Å². The van der Waals surface area contributed by atoms with E-state index in [2.05, 4.69) is 45.0 Å². The maximum atomic E-state index is 6.37. The van der Waals surface area contributed by atoms with Gasteiger partial charge in [-0.1, -0.05) is 43.6 Å². The van der Waals surface area contributed by atoms with E-state index >= 15 is 0 Å². The third-order valence-corrected chi connectivity index (χ3v) is 4.85. The number of hydrogen-bond acceptors (Lipinski definition) is 1. The number of hydrogen-bond donors (Lipinski definition) is 0. The van der Waals surface area contributed by atoms with Crippen LogP contribution in [0.4, 0.5) is 0 Å². The number of nitrogens with zero attached hydrogens (tertiary/aromatic N) is 1. The summed E-state index contributed by atoms with van der Waals surface area (Å²) in [4.78, 5) is 2.41. The van der Waals surface area contributed by atoms with Crippen molar-refractivity contribution in [3.8, 4) is 0 Å². The highest BCUT2D eigenvalue weighted by molar-refractivity contribution is 6.31. The molecule has 0 aliphatic heterocycles. The van der Waals surface area contributed by atoms with Gasteiger partial charge in [0.25, 0.3) is 0 Å². The van der Waals surface area contributed by atoms with E-state index in [-0.39, 0.29) is 12.4 Å². The van der Waals surface area contributed by atoms with Crippen LogP contribution in [0.25, 0.3) is 0 Å². The molecule has 114 valence electrons. The van der Waals surface area contributed by atoms with Gasteiger partial charge in [-0.3, -0.25) is 0 Å². The van der Waals surface area contributed by atoms with Crippen molar-refractivity contribution >= 4 is 24.0 Å². The molecule has 0 spiro atoms. The number of rotatable bonds is 5. The fraction of sp³-hybridized carbons (Fsp3) is 0.647. The van der Waals surface area contributed by atoms with Crippen LogP contribution < -0.4 is 0 Å². The van der Waals surface area contributed by atoms with Crippen LogP contribution in [0.2, 0.25) is 5.02 Å². The summed E-state index contributed by atoms with van der Waals surface area (Å²) in [6.45, 7) is 4.64. The molecule has 3 unspecified atom stereocenters. The predicted molar refractivity (Wildman–Crippen MR) is 91.1 cm³/mol. The second-order valence-corrected chi connectivity index (χ2v) is 6.94. The summed E-state index contributed by atoms with van der Waals surface area (Å²) in [5.74, 6) is 2.16. The molecule has 1 aliphatic rings. The van der Waals surface area contributed by atoms with Gasteiger partial charge < -0.3 is 4.90 Å². The molecule has 0 radical (unpaired) electrons. The molecule has 0 bridgehead atoms. The lowest BCUT2D eigenvalue weighted by Gasteiger charge is -2.45. The zero-order chi connectivity index (χ0) is 14.0. The van der Waals surface area contributed by atoms with Gasteiger partial charge in [0.2, 0.25) is 0 Å². The molecule has 1 aromatic carbocycles. The van der Waals surface area contributed by atoms with E-state index in [0.717, 1.165) is 16.9 Å². The van der Waals surface area contributed by atoms with Gasteiger partial charge in [-0.15, -0.1) is 12.4 Å². The summed E-state index contributed by atoms with van der Waals surface area (Å²) in [5.41, 5.74) is 1.36. The van der Waals surface area contributed by atoms with Crippen molar-refractivity contribution in [1.82, 2.24) is 4.90 Å². The van der Waals surface area contributed by atoms with Crippen LogP contribution in [0.5, 0.6) is 0 Å². The highest BCUT2D eigenvalue weighted by Gasteiger charge is 2.39. The standard InChI is InChI=1S/C17H26ClN.ClH/c1-12(2)11-17(19(3)4)15-10-9-13(15)14-7-5-6-8-16(14)18;/h5-8,12-13,15,17H,9-11H2,1-4H3;1H. The second kappa shape index (κ2) is 7.68. The zero-order valence-corrected chi connectivity index (χ0v) is 14.5. The highest BCUT2D eigenvalue weighted by Crippen LogP contribution is 2.48. The Morgan fingerprint density at radius 1 is 1.20 bits per heavy atom. The molecule has 0 aromatic heterocycles. The molecule has 0 saturated heterocycles. The minimum absolute atomic E-state index is 0. The Balaban J connectivity index is 0.00000200. The molecule has 3 atom stereocenters. The maximum Gasteiger partial charge on any atom is 0.0440 e. The predicted octanol–water partition coefficient (Wildman–Crippen LogP) is 5.23. The number of benzene rings is 1. The molecule has 0 amide bonds.